The lowest BCUT2D eigenvalue weighted by atomic mass is 9.61. The Hall–Kier alpha value is -2.94. The number of benzene rings is 2. The Morgan fingerprint density at radius 2 is 1.72 bits per heavy atom. The highest BCUT2D eigenvalue weighted by Crippen LogP contribution is 2.63. The summed E-state index contributed by atoms with van der Waals surface area (Å²) in [6.45, 7) is 1.90. The van der Waals surface area contributed by atoms with Gasteiger partial charge in [-0.2, -0.15) is 0 Å². The maximum atomic E-state index is 11.6. The van der Waals surface area contributed by atoms with Gasteiger partial charge < -0.3 is 34.4 Å². The van der Waals surface area contributed by atoms with E-state index in [0.717, 1.165) is 74.2 Å². The Kier molecular flexibility index (Phi) is 5.64. The largest absolute Gasteiger partial charge is 0.504 e. The standard InChI is InChI=1S/C31H39N3O5/c1-34-11-7-17-12-24(38-4)28(35)27-26(17)21(34)15-30(27)8-9-31(25(16-30)39-5)29-18(6-10-32-31)19-13-22(36-2)23(37-3)14-20(19)33-29/h12-14,21,25,32-33,35H,6-11,15-16H2,1-5H3. The third-order valence-corrected chi connectivity index (χ3v) is 10.4. The molecule has 208 valence electrons. The number of aromatic nitrogens is 1. The van der Waals surface area contributed by atoms with Gasteiger partial charge in [-0.1, -0.05) is 0 Å². The van der Waals surface area contributed by atoms with Crippen molar-refractivity contribution in [3.8, 4) is 23.0 Å². The highest BCUT2D eigenvalue weighted by molar-refractivity contribution is 5.88. The number of H-pyrrole nitrogens is 1. The van der Waals surface area contributed by atoms with E-state index in [1.807, 2.05) is 13.2 Å². The summed E-state index contributed by atoms with van der Waals surface area (Å²) < 4.78 is 23.3. The maximum Gasteiger partial charge on any atom is 0.162 e. The fourth-order valence-electron chi connectivity index (χ4n) is 8.53. The van der Waals surface area contributed by atoms with E-state index in [-0.39, 0.29) is 17.1 Å². The predicted octanol–water partition coefficient (Wildman–Crippen LogP) is 4.31. The monoisotopic (exact) mass is 533 g/mol. The number of nitrogens with zero attached hydrogens (tertiary/aromatic N) is 1. The van der Waals surface area contributed by atoms with Gasteiger partial charge in [0.05, 0.1) is 33.0 Å². The van der Waals surface area contributed by atoms with E-state index in [4.69, 9.17) is 18.9 Å². The molecule has 4 unspecified atom stereocenters. The number of aromatic hydroxyl groups is 1. The zero-order valence-corrected chi connectivity index (χ0v) is 23.6. The van der Waals surface area contributed by atoms with Crippen LogP contribution in [0.3, 0.4) is 0 Å². The first-order chi connectivity index (χ1) is 18.9. The minimum atomic E-state index is -0.339. The highest BCUT2D eigenvalue weighted by atomic mass is 16.5. The lowest BCUT2D eigenvalue weighted by Crippen LogP contribution is -2.60. The molecule has 0 bridgehead atoms. The lowest BCUT2D eigenvalue weighted by Gasteiger charge is -2.52. The first-order valence-electron chi connectivity index (χ1n) is 14.1. The highest BCUT2D eigenvalue weighted by Gasteiger charge is 2.58. The summed E-state index contributed by atoms with van der Waals surface area (Å²) in [7, 11) is 9.07. The van der Waals surface area contributed by atoms with Gasteiger partial charge in [-0.3, -0.25) is 4.90 Å². The van der Waals surface area contributed by atoms with Gasteiger partial charge in [0.15, 0.2) is 23.0 Å². The number of fused-ring (bicyclic) bond motifs is 5. The van der Waals surface area contributed by atoms with Crippen LogP contribution in [0.5, 0.6) is 23.0 Å². The average molecular weight is 534 g/mol. The Labute approximate surface area is 229 Å². The number of methoxy groups -OCH3 is 4. The van der Waals surface area contributed by atoms with E-state index in [0.29, 0.717) is 17.5 Å². The van der Waals surface area contributed by atoms with Crippen LogP contribution in [0, 0.1) is 0 Å². The molecule has 39 heavy (non-hydrogen) atoms. The van der Waals surface area contributed by atoms with Crippen LogP contribution in [0.15, 0.2) is 18.2 Å². The first kappa shape index (κ1) is 25.1. The van der Waals surface area contributed by atoms with E-state index >= 15 is 0 Å². The number of nitrogens with one attached hydrogen (secondary N) is 2. The molecule has 2 aliphatic carbocycles. The van der Waals surface area contributed by atoms with Crippen LogP contribution in [0.25, 0.3) is 10.9 Å². The van der Waals surface area contributed by atoms with Crippen LogP contribution in [0.4, 0.5) is 0 Å². The number of rotatable bonds is 4. The summed E-state index contributed by atoms with van der Waals surface area (Å²) in [6.07, 6.45) is 5.53. The molecule has 1 saturated carbocycles. The molecular weight excluding hydrogens is 494 g/mol. The summed E-state index contributed by atoms with van der Waals surface area (Å²) in [5.74, 6) is 2.38. The van der Waals surface area contributed by atoms with E-state index in [2.05, 4.69) is 34.4 Å². The number of phenols is 1. The Morgan fingerprint density at radius 3 is 2.46 bits per heavy atom. The van der Waals surface area contributed by atoms with E-state index in [9.17, 15) is 5.11 Å². The van der Waals surface area contributed by atoms with Crippen molar-refractivity contribution in [2.45, 2.75) is 61.6 Å². The van der Waals surface area contributed by atoms with Crippen molar-refractivity contribution in [1.82, 2.24) is 15.2 Å². The van der Waals surface area contributed by atoms with Crippen molar-refractivity contribution in [1.29, 1.82) is 0 Å². The number of hydrogen-bond donors (Lipinski definition) is 3. The third-order valence-electron chi connectivity index (χ3n) is 10.4. The molecule has 8 heteroatoms. The Balaban J connectivity index is 1.35. The van der Waals surface area contributed by atoms with Gasteiger partial charge in [0, 0.05) is 59.9 Å². The first-order valence-corrected chi connectivity index (χ1v) is 14.1. The molecular formula is C31H39N3O5. The molecule has 2 aromatic carbocycles. The van der Waals surface area contributed by atoms with E-state index in [1.165, 1.54) is 27.8 Å². The van der Waals surface area contributed by atoms with Crippen LogP contribution in [-0.2, 0) is 28.5 Å². The van der Waals surface area contributed by atoms with Gasteiger partial charge in [-0.05, 0) is 74.4 Å². The smallest absolute Gasteiger partial charge is 0.162 e. The summed E-state index contributed by atoms with van der Waals surface area (Å²) >= 11 is 0. The number of aromatic amines is 1. The van der Waals surface area contributed by atoms with Crippen LogP contribution in [-0.4, -0.2) is 69.7 Å². The number of ether oxygens (including phenoxy) is 4. The predicted molar refractivity (Wildman–Crippen MR) is 149 cm³/mol. The zero-order valence-electron chi connectivity index (χ0n) is 23.6. The van der Waals surface area contributed by atoms with Crippen molar-refractivity contribution >= 4 is 10.9 Å². The minimum absolute atomic E-state index is 0.0751. The summed E-state index contributed by atoms with van der Waals surface area (Å²) in [5.41, 5.74) is 6.85. The molecule has 8 nitrogen and oxygen atoms in total. The van der Waals surface area contributed by atoms with Gasteiger partial charge in [0.25, 0.3) is 0 Å². The van der Waals surface area contributed by atoms with Gasteiger partial charge in [0.1, 0.15) is 0 Å². The second-order valence-electron chi connectivity index (χ2n) is 11.9. The van der Waals surface area contributed by atoms with Crippen molar-refractivity contribution in [2.75, 3.05) is 48.6 Å². The number of phenolic OH excluding ortho intramolecular Hbond substituents is 1. The fourth-order valence-corrected chi connectivity index (χ4v) is 8.53. The molecule has 0 saturated heterocycles. The Morgan fingerprint density at radius 1 is 0.949 bits per heavy atom. The van der Waals surface area contributed by atoms with Gasteiger partial charge >= 0.3 is 0 Å². The fraction of sp³-hybridized carbons (Fsp3) is 0.548. The van der Waals surface area contributed by atoms with Gasteiger partial charge in [0.2, 0.25) is 0 Å². The average Bonchev–Trinajstić information content (AvgIpc) is 3.50. The SMILES string of the molecule is COc1cc2[nH]c3c(c2cc1OC)CCNC31CCC2(CC3c4c(cc(OC)c(O)c42)CCN3C)CC1OC. The molecule has 2 spiro atoms. The normalized spacial score (nSPS) is 29.6. The molecule has 3 N–H and O–H groups in total. The number of hydrogen-bond acceptors (Lipinski definition) is 7. The quantitative estimate of drug-likeness (QED) is 0.461. The van der Waals surface area contributed by atoms with Crippen molar-refractivity contribution < 1.29 is 24.1 Å². The molecule has 3 aromatic rings. The molecule has 1 aromatic heterocycles. The molecule has 0 amide bonds. The zero-order chi connectivity index (χ0) is 27.1. The van der Waals surface area contributed by atoms with Crippen molar-refractivity contribution in [3.05, 3.63) is 46.1 Å². The maximum absolute atomic E-state index is 11.6. The van der Waals surface area contributed by atoms with Crippen molar-refractivity contribution in [2.24, 2.45) is 0 Å². The molecule has 7 rings (SSSR count). The van der Waals surface area contributed by atoms with E-state index in [1.54, 1.807) is 21.3 Å². The molecule has 4 aliphatic rings. The van der Waals surface area contributed by atoms with Gasteiger partial charge in [-0.15, -0.1) is 0 Å². The van der Waals surface area contributed by atoms with E-state index < -0.39 is 0 Å². The Bertz CT molecular complexity index is 1470. The van der Waals surface area contributed by atoms with Crippen LogP contribution >= 0.6 is 0 Å². The summed E-state index contributed by atoms with van der Waals surface area (Å²) in [4.78, 5) is 6.25. The lowest BCUT2D eigenvalue weighted by molar-refractivity contribution is -0.0482. The van der Waals surface area contributed by atoms with Crippen molar-refractivity contribution in [3.63, 3.8) is 0 Å². The molecule has 2 aliphatic heterocycles. The van der Waals surface area contributed by atoms with Crippen LogP contribution in [0.2, 0.25) is 0 Å². The summed E-state index contributed by atoms with van der Waals surface area (Å²) in [5, 5.41) is 16.7. The third kappa shape index (κ3) is 3.28. The topological polar surface area (TPSA) is 88.2 Å². The van der Waals surface area contributed by atoms with Gasteiger partial charge in [-0.25, -0.2) is 0 Å². The molecule has 0 radical (unpaired) electrons. The molecule has 4 atom stereocenters. The second kappa shape index (κ2) is 8.78. The minimum Gasteiger partial charge on any atom is -0.504 e. The second-order valence-corrected chi connectivity index (χ2v) is 11.9. The summed E-state index contributed by atoms with van der Waals surface area (Å²) in [6, 6.07) is 6.52. The van der Waals surface area contributed by atoms with Crippen LogP contribution < -0.4 is 19.5 Å². The number of likely N-dealkylation sites (N-methyl/N-ethyl adjacent to an activating group) is 1. The van der Waals surface area contributed by atoms with Crippen LogP contribution in [0.1, 0.15) is 59.7 Å². The molecule has 1 fully saturated rings. The molecule has 3 heterocycles.